The van der Waals surface area contributed by atoms with Gasteiger partial charge in [-0.2, -0.15) is 4.98 Å². The lowest BCUT2D eigenvalue weighted by molar-refractivity contribution is 0.101. The molecule has 4 rings (SSSR count). The van der Waals surface area contributed by atoms with Crippen LogP contribution in [0, 0.1) is 17.7 Å². The maximum atomic E-state index is 13.4. The van der Waals surface area contributed by atoms with E-state index in [1.165, 1.54) is 25.0 Å². The number of rotatable bonds is 7. The topological polar surface area (TPSA) is 64.5 Å². The number of piperidine rings is 1. The van der Waals surface area contributed by atoms with E-state index < -0.39 is 0 Å². The Hall–Kier alpha value is -1.48. The van der Waals surface area contributed by atoms with Crippen LogP contribution in [0.3, 0.4) is 0 Å². The molecule has 2 aliphatic heterocycles. The average molecular weight is 513 g/mol. The summed E-state index contributed by atoms with van der Waals surface area (Å²) in [5.74, 6) is 2.36. The smallest absolute Gasteiger partial charge is 0.227 e. The molecule has 3 heterocycles. The SMILES string of the molecule is CC(Nc1nc(N2CC([C@H]3CCCN(CCO)C3)C2)ncc1Br)c1ccc(F)cc1Cl. The van der Waals surface area contributed by atoms with E-state index in [1.54, 1.807) is 12.3 Å². The fourth-order valence-corrected chi connectivity index (χ4v) is 5.18. The van der Waals surface area contributed by atoms with E-state index in [1.807, 2.05) is 6.92 Å². The van der Waals surface area contributed by atoms with E-state index in [2.05, 4.69) is 36.0 Å². The molecule has 0 aliphatic carbocycles. The minimum Gasteiger partial charge on any atom is -0.395 e. The second kappa shape index (κ2) is 9.98. The van der Waals surface area contributed by atoms with Gasteiger partial charge < -0.3 is 20.2 Å². The highest BCUT2D eigenvalue weighted by molar-refractivity contribution is 9.10. The third kappa shape index (κ3) is 5.30. The number of aliphatic hydroxyl groups excluding tert-OH is 1. The summed E-state index contributed by atoms with van der Waals surface area (Å²) >= 11 is 9.74. The lowest BCUT2D eigenvalue weighted by atomic mass is 9.81. The second-order valence-corrected chi connectivity index (χ2v) is 9.75. The quantitative estimate of drug-likeness (QED) is 0.575. The Bertz CT molecular complexity index is 911. The molecule has 2 atom stereocenters. The summed E-state index contributed by atoms with van der Waals surface area (Å²) in [6.07, 6.45) is 4.22. The van der Waals surface area contributed by atoms with E-state index in [9.17, 15) is 9.50 Å². The Kier molecular flexibility index (Phi) is 7.31. The highest BCUT2D eigenvalue weighted by atomic mass is 79.9. The van der Waals surface area contributed by atoms with Gasteiger partial charge in [0.25, 0.3) is 0 Å². The molecular weight excluding hydrogens is 485 g/mol. The standard InChI is InChI=1S/C22H28BrClFN5O/c1-14(18-5-4-17(25)9-20(18)24)27-21-19(23)10-26-22(28-21)30-12-16(13-30)15-3-2-6-29(11-15)7-8-31/h4-5,9-10,14-16,31H,2-3,6-8,11-13H2,1H3,(H,26,27,28)/t14?,15-/m0/s1. The molecule has 2 aromatic rings. The summed E-state index contributed by atoms with van der Waals surface area (Å²) in [7, 11) is 0. The molecule has 31 heavy (non-hydrogen) atoms. The third-order valence-corrected chi connectivity index (χ3v) is 7.24. The molecule has 2 saturated heterocycles. The van der Waals surface area contributed by atoms with E-state index in [0.717, 1.165) is 42.8 Å². The van der Waals surface area contributed by atoms with Crippen molar-refractivity contribution in [3.63, 3.8) is 0 Å². The fraction of sp³-hybridized carbons (Fsp3) is 0.545. The van der Waals surface area contributed by atoms with Crippen LogP contribution in [0.4, 0.5) is 16.2 Å². The van der Waals surface area contributed by atoms with Crippen molar-refractivity contribution in [2.75, 3.05) is 49.5 Å². The molecule has 1 unspecified atom stereocenters. The highest BCUT2D eigenvalue weighted by Gasteiger charge is 2.37. The Balaban J connectivity index is 1.38. The number of aromatic nitrogens is 2. The van der Waals surface area contributed by atoms with Crippen molar-refractivity contribution in [2.24, 2.45) is 11.8 Å². The molecule has 168 valence electrons. The first-order valence-electron chi connectivity index (χ1n) is 10.8. The molecule has 2 aliphatic rings. The van der Waals surface area contributed by atoms with Gasteiger partial charge in [-0.3, -0.25) is 0 Å². The highest BCUT2D eigenvalue weighted by Crippen LogP contribution is 2.34. The van der Waals surface area contributed by atoms with Crippen LogP contribution in [0.2, 0.25) is 5.02 Å². The first kappa shape index (κ1) is 22.7. The van der Waals surface area contributed by atoms with Crippen molar-refractivity contribution in [1.29, 1.82) is 0 Å². The van der Waals surface area contributed by atoms with Crippen LogP contribution >= 0.6 is 27.5 Å². The minimum atomic E-state index is -0.351. The van der Waals surface area contributed by atoms with E-state index in [0.29, 0.717) is 28.6 Å². The maximum Gasteiger partial charge on any atom is 0.227 e. The van der Waals surface area contributed by atoms with E-state index in [-0.39, 0.29) is 18.5 Å². The van der Waals surface area contributed by atoms with Crippen molar-refractivity contribution in [3.05, 3.63) is 45.3 Å². The van der Waals surface area contributed by atoms with Crippen LogP contribution in [-0.4, -0.2) is 59.3 Å². The van der Waals surface area contributed by atoms with Gasteiger partial charge >= 0.3 is 0 Å². The van der Waals surface area contributed by atoms with Crippen LogP contribution in [0.25, 0.3) is 0 Å². The number of hydrogen-bond acceptors (Lipinski definition) is 6. The minimum absolute atomic E-state index is 0.143. The lowest BCUT2D eigenvalue weighted by Crippen LogP contribution is -2.54. The van der Waals surface area contributed by atoms with E-state index >= 15 is 0 Å². The van der Waals surface area contributed by atoms with Crippen molar-refractivity contribution < 1.29 is 9.50 Å². The van der Waals surface area contributed by atoms with Crippen LogP contribution in [0.1, 0.15) is 31.4 Å². The summed E-state index contributed by atoms with van der Waals surface area (Å²) in [6, 6.07) is 4.28. The van der Waals surface area contributed by atoms with Gasteiger partial charge in [0.05, 0.1) is 17.1 Å². The molecule has 1 aromatic carbocycles. The van der Waals surface area contributed by atoms with Gasteiger partial charge in [-0.1, -0.05) is 17.7 Å². The summed E-state index contributed by atoms with van der Waals surface area (Å²) in [5.41, 5.74) is 0.809. The number of nitrogens with zero attached hydrogens (tertiary/aromatic N) is 4. The molecule has 0 amide bonds. The molecule has 2 N–H and O–H groups in total. The molecule has 0 spiro atoms. The zero-order valence-electron chi connectivity index (χ0n) is 17.6. The van der Waals surface area contributed by atoms with E-state index in [4.69, 9.17) is 16.6 Å². The number of likely N-dealkylation sites (tertiary alicyclic amines) is 1. The average Bonchev–Trinajstić information content (AvgIpc) is 2.70. The Morgan fingerprint density at radius 1 is 1.32 bits per heavy atom. The summed E-state index contributed by atoms with van der Waals surface area (Å²) in [5, 5.41) is 13.0. The maximum absolute atomic E-state index is 13.4. The summed E-state index contributed by atoms with van der Waals surface area (Å²) in [4.78, 5) is 13.8. The summed E-state index contributed by atoms with van der Waals surface area (Å²) in [6.45, 7) is 7.05. The molecular formula is C22H28BrClFN5O. The number of nitrogens with one attached hydrogen (secondary N) is 1. The zero-order chi connectivity index (χ0) is 22.0. The fourth-order valence-electron chi connectivity index (χ4n) is 4.54. The van der Waals surface area contributed by atoms with Gasteiger partial charge in [0.15, 0.2) is 0 Å². The zero-order valence-corrected chi connectivity index (χ0v) is 19.9. The summed E-state index contributed by atoms with van der Waals surface area (Å²) < 4.78 is 14.1. The Morgan fingerprint density at radius 3 is 2.87 bits per heavy atom. The van der Waals surface area contributed by atoms with Crippen LogP contribution in [-0.2, 0) is 0 Å². The number of anilines is 2. The Labute approximate surface area is 195 Å². The monoisotopic (exact) mass is 511 g/mol. The number of halogens is 3. The first-order chi connectivity index (χ1) is 14.9. The molecule has 2 fully saturated rings. The van der Waals surface area contributed by atoms with Crippen molar-refractivity contribution in [1.82, 2.24) is 14.9 Å². The van der Waals surface area contributed by atoms with Gasteiger partial charge in [0, 0.05) is 37.4 Å². The number of benzene rings is 1. The van der Waals surface area contributed by atoms with Crippen molar-refractivity contribution in [3.8, 4) is 0 Å². The van der Waals surface area contributed by atoms with Crippen LogP contribution in [0.15, 0.2) is 28.9 Å². The lowest BCUT2D eigenvalue weighted by Gasteiger charge is -2.46. The molecule has 0 saturated carbocycles. The van der Waals surface area contributed by atoms with Crippen molar-refractivity contribution >= 4 is 39.3 Å². The third-order valence-electron chi connectivity index (χ3n) is 6.33. The van der Waals surface area contributed by atoms with Gasteiger partial charge in [-0.25, -0.2) is 9.37 Å². The molecule has 0 bridgehead atoms. The normalized spacial score (nSPS) is 21.1. The second-order valence-electron chi connectivity index (χ2n) is 8.49. The number of aliphatic hydroxyl groups is 1. The van der Waals surface area contributed by atoms with Crippen LogP contribution < -0.4 is 10.2 Å². The predicted octanol–water partition coefficient (Wildman–Crippen LogP) is 4.35. The molecule has 6 nitrogen and oxygen atoms in total. The van der Waals surface area contributed by atoms with Gasteiger partial charge in [0.1, 0.15) is 11.6 Å². The van der Waals surface area contributed by atoms with Gasteiger partial charge in [-0.15, -0.1) is 0 Å². The van der Waals surface area contributed by atoms with Gasteiger partial charge in [-0.05, 0) is 71.8 Å². The number of β-amino-alcohol motifs (C(OH)–C–C–N with tert-alkyl or cyclic N) is 1. The van der Waals surface area contributed by atoms with Crippen molar-refractivity contribution in [2.45, 2.75) is 25.8 Å². The largest absolute Gasteiger partial charge is 0.395 e. The number of hydrogen-bond donors (Lipinski definition) is 2. The van der Waals surface area contributed by atoms with Gasteiger partial charge in [0.2, 0.25) is 5.95 Å². The first-order valence-corrected chi connectivity index (χ1v) is 11.9. The molecule has 0 radical (unpaired) electrons. The predicted molar refractivity (Wildman–Crippen MR) is 125 cm³/mol. The van der Waals surface area contributed by atoms with Crippen LogP contribution in [0.5, 0.6) is 0 Å². The molecule has 9 heteroatoms. The molecule has 1 aromatic heterocycles. The Morgan fingerprint density at radius 2 is 2.13 bits per heavy atom.